The van der Waals surface area contributed by atoms with Gasteiger partial charge in [0.15, 0.2) is 11.0 Å². The van der Waals surface area contributed by atoms with Crippen LogP contribution < -0.4 is 5.43 Å². The molecule has 3 heterocycles. The Labute approximate surface area is 183 Å². The Hall–Kier alpha value is -3.72. The van der Waals surface area contributed by atoms with Gasteiger partial charge in [-0.25, -0.2) is 15.0 Å². The van der Waals surface area contributed by atoms with Crippen molar-refractivity contribution < 1.29 is 9.53 Å². The first kappa shape index (κ1) is 19.3. The van der Waals surface area contributed by atoms with Crippen LogP contribution in [0.5, 0.6) is 0 Å². The van der Waals surface area contributed by atoms with Crippen molar-refractivity contribution in [3.63, 3.8) is 0 Å². The molecule has 3 aromatic rings. The molecule has 0 fully saturated rings. The molecule has 9 heteroatoms. The molecule has 0 aliphatic carbocycles. The van der Waals surface area contributed by atoms with Crippen LogP contribution in [0.2, 0.25) is 0 Å². The van der Waals surface area contributed by atoms with E-state index in [2.05, 4.69) is 15.6 Å². The first-order chi connectivity index (χ1) is 15.2. The van der Waals surface area contributed by atoms with E-state index in [1.54, 1.807) is 11.9 Å². The number of fused-ring (bicyclic) bond motifs is 4. The van der Waals surface area contributed by atoms with Crippen LogP contribution in [-0.2, 0) is 9.53 Å². The Morgan fingerprint density at radius 3 is 2.71 bits per heavy atom. The molecule has 31 heavy (non-hydrogen) atoms. The average Bonchev–Trinajstić information content (AvgIpc) is 2.82. The van der Waals surface area contributed by atoms with E-state index in [-0.39, 0.29) is 11.7 Å². The maximum atomic E-state index is 11.9. The third-order valence-corrected chi connectivity index (χ3v) is 5.59. The summed E-state index contributed by atoms with van der Waals surface area (Å²) in [5, 5.41) is 11.1. The topological polar surface area (TPSA) is 92.1 Å². The molecule has 154 valence electrons. The first-order valence-electron chi connectivity index (χ1n) is 9.78. The van der Waals surface area contributed by atoms with Crippen molar-refractivity contribution in [2.45, 2.75) is 6.92 Å². The molecule has 2 aliphatic rings. The van der Waals surface area contributed by atoms with Gasteiger partial charge >= 0.3 is 5.97 Å². The fraction of sp³-hybridized carbons (Fsp3) is 0.136. The molecule has 0 radical (unpaired) electrons. The number of aliphatic imine (C=N–C) groups is 2. The highest BCUT2D eigenvalue weighted by atomic mass is 32.2. The zero-order valence-electron chi connectivity index (χ0n) is 16.6. The summed E-state index contributed by atoms with van der Waals surface area (Å²) in [5.74, 6) is 1.02. The standard InChI is InChI=1S/C22H18N6O2S/c1-2-30-19(29)13-31-22-23-16-11-7-6-10-15(16)21-24-20-18(27-28(21)22)12-17(25-26-20)14-8-4-3-5-9-14/h3-12,27H,2,13H2,1H3. The van der Waals surface area contributed by atoms with Gasteiger partial charge in [0, 0.05) is 11.1 Å². The molecular weight excluding hydrogens is 412 g/mol. The second-order valence-electron chi connectivity index (χ2n) is 6.72. The van der Waals surface area contributed by atoms with Gasteiger partial charge in [0.2, 0.25) is 5.82 Å². The molecule has 0 atom stereocenters. The van der Waals surface area contributed by atoms with Crippen molar-refractivity contribution in [2.24, 2.45) is 9.98 Å². The fourth-order valence-electron chi connectivity index (χ4n) is 3.28. The molecule has 0 bridgehead atoms. The van der Waals surface area contributed by atoms with Crippen molar-refractivity contribution in [3.05, 3.63) is 66.2 Å². The fourth-order valence-corrected chi connectivity index (χ4v) is 4.03. The number of rotatable bonds is 4. The summed E-state index contributed by atoms with van der Waals surface area (Å²) in [7, 11) is 0. The molecule has 5 rings (SSSR count). The summed E-state index contributed by atoms with van der Waals surface area (Å²) >= 11 is 1.29. The Kier molecular flexibility index (Phi) is 5.09. The lowest BCUT2D eigenvalue weighted by Crippen LogP contribution is -2.44. The minimum absolute atomic E-state index is 0.150. The van der Waals surface area contributed by atoms with Crippen molar-refractivity contribution in [1.29, 1.82) is 0 Å². The molecule has 2 aliphatic heterocycles. The van der Waals surface area contributed by atoms with E-state index in [4.69, 9.17) is 14.7 Å². The maximum Gasteiger partial charge on any atom is 0.316 e. The van der Waals surface area contributed by atoms with Crippen LogP contribution in [-0.4, -0.2) is 44.5 Å². The van der Waals surface area contributed by atoms with E-state index in [1.807, 2.05) is 60.7 Å². The molecule has 0 saturated carbocycles. The molecule has 0 spiro atoms. The van der Waals surface area contributed by atoms with Gasteiger partial charge in [0.25, 0.3) is 0 Å². The van der Waals surface area contributed by atoms with Crippen molar-refractivity contribution in [3.8, 4) is 11.3 Å². The smallest absolute Gasteiger partial charge is 0.316 e. The number of ether oxygens (including phenoxy) is 1. The second-order valence-corrected chi connectivity index (χ2v) is 7.66. The van der Waals surface area contributed by atoms with Gasteiger partial charge in [-0.05, 0) is 25.1 Å². The van der Waals surface area contributed by atoms with E-state index in [0.717, 1.165) is 22.5 Å². The summed E-state index contributed by atoms with van der Waals surface area (Å²) in [6.07, 6.45) is 0. The van der Waals surface area contributed by atoms with Crippen LogP contribution in [0.1, 0.15) is 12.5 Å². The maximum absolute atomic E-state index is 11.9. The molecule has 0 amide bonds. The summed E-state index contributed by atoms with van der Waals surface area (Å²) in [5.41, 5.74) is 7.41. The predicted octanol–water partition coefficient (Wildman–Crippen LogP) is 4.16. The highest BCUT2D eigenvalue weighted by Gasteiger charge is 2.32. The van der Waals surface area contributed by atoms with E-state index >= 15 is 0 Å². The molecule has 0 unspecified atom stereocenters. The van der Waals surface area contributed by atoms with Crippen LogP contribution in [0, 0.1) is 0 Å². The number of hydrazine groups is 1. The van der Waals surface area contributed by atoms with Gasteiger partial charge in [-0.2, -0.15) is 0 Å². The number of carbonyl (C=O) groups is 1. The molecule has 8 nitrogen and oxygen atoms in total. The van der Waals surface area contributed by atoms with Gasteiger partial charge in [-0.3, -0.25) is 10.2 Å². The van der Waals surface area contributed by atoms with Gasteiger partial charge in [0.05, 0.1) is 23.7 Å². The van der Waals surface area contributed by atoms with Gasteiger partial charge in [0.1, 0.15) is 5.69 Å². The monoisotopic (exact) mass is 430 g/mol. The molecule has 2 aromatic carbocycles. The highest BCUT2D eigenvalue weighted by molar-refractivity contribution is 8.14. The lowest BCUT2D eigenvalue weighted by molar-refractivity contribution is -0.139. The molecule has 0 saturated heterocycles. The van der Waals surface area contributed by atoms with Crippen molar-refractivity contribution >= 4 is 45.9 Å². The third-order valence-electron chi connectivity index (χ3n) is 4.68. The molecule has 1 aromatic heterocycles. The number of hydrogen-bond acceptors (Lipinski definition) is 9. The second kappa shape index (κ2) is 8.19. The number of para-hydroxylation sites is 1. The Bertz CT molecular complexity index is 1210. The van der Waals surface area contributed by atoms with Crippen molar-refractivity contribution in [1.82, 2.24) is 15.2 Å². The number of nitrogens with one attached hydrogen (secondary N) is 1. The average molecular weight is 430 g/mol. The zero-order chi connectivity index (χ0) is 21.2. The number of carbonyl (C=O) groups excluding carboxylic acids is 1. The van der Waals surface area contributed by atoms with Gasteiger partial charge in [-0.15, -0.1) is 10.2 Å². The number of aromatic nitrogens is 2. The normalized spacial score (nSPS) is 13.8. The summed E-state index contributed by atoms with van der Waals surface area (Å²) in [6.45, 7) is 2.13. The number of anilines is 1. The van der Waals surface area contributed by atoms with Crippen LogP contribution in [0.4, 0.5) is 17.2 Å². The van der Waals surface area contributed by atoms with E-state index in [1.165, 1.54) is 11.8 Å². The van der Waals surface area contributed by atoms with Crippen LogP contribution >= 0.6 is 11.8 Å². The third kappa shape index (κ3) is 3.75. The van der Waals surface area contributed by atoms with Crippen molar-refractivity contribution in [2.75, 3.05) is 17.8 Å². The number of esters is 1. The first-order valence-corrected chi connectivity index (χ1v) is 10.8. The lowest BCUT2D eigenvalue weighted by atomic mass is 10.1. The summed E-state index contributed by atoms with van der Waals surface area (Å²) < 4.78 is 5.06. The van der Waals surface area contributed by atoms with Crippen LogP contribution in [0.15, 0.2) is 70.6 Å². The van der Waals surface area contributed by atoms with E-state index in [0.29, 0.717) is 29.1 Å². The minimum Gasteiger partial charge on any atom is -0.465 e. The molecule has 1 N–H and O–H groups in total. The summed E-state index contributed by atoms with van der Waals surface area (Å²) in [4.78, 5) is 21.4. The SMILES string of the molecule is CCOC(=O)CSC1=Nc2ccccc2C2=Nc3nnc(-c4ccccc4)cc3NN12. The Balaban J connectivity index is 1.53. The van der Waals surface area contributed by atoms with E-state index in [9.17, 15) is 4.79 Å². The number of hydrogen-bond donors (Lipinski definition) is 1. The molecular formula is C22H18N6O2S. The van der Waals surface area contributed by atoms with Crippen LogP contribution in [0.25, 0.3) is 11.3 Å². The zero-order valence-corrected chi connectivity index (χ0v) is 17.5. The largest absolute Gasteiger partial charge is 0.465 e. The lowest BCUT2D eigenvalue weighted by Gasteiger charge is -2.34. The van der Waals surface area contributed by atoms with Gasteiger partial charge < -0.3 is 4.74 Å². The number of nitrogens with zero attached hydrogens (tertiary/aromatic N) is 5. The Morgan fingerprint density at radius 2 is 1.87 bits per heavy atom. The quantitative estimate of drug-likeness (QED) is 0.621. The highest BCUT2D eigenvalue weighted by Crippen LogP contribution is 2.37. The minimum atomic E-state index is -0.290. The van der Waals surface area contributed by atoms with Crippen LogP contribution in [0.3, 0.4) is 0 Å². The predicted molar refractivity (Wildman–Crippen MR) is 122 cm³/mol. The Morgan fingerprint density at radius 1 is 1.06 bits per heavy atom. The number of amidine groups is 2. The van der Waals surface area contributed by atoms with Gasteiger partial charge in [-0.1, -0.05) is 54.2 Å². The van der Waals surface area contributed by atoms with E-state index < -0.39 is 0 Å². The summed E-state index contributed by atoms with van der Waals surface area (Å²) in [6, 6.07) is 19.5. The number of thioether (sulfide) groups is 1. The number of benzene rings is 2.